The molecule has 0 spiro atoms. The van der Waals surface area contributed by atoms with E-state index in [2.05, 4.69) is 15.4 Å². The normalized spacial score (nSPS) is 14.6. The van der Waals surface area contributed by atoms with Crippen molar-refractivity contribution in [1.82, 2.24) is 20.1 Å². The maximum Gasteiger partial charge on any atom is 0.407 e. The summed E-state index contributed by atoms with van der Waals surface area (Å²) in [5.74, 6) is 0.950. The molecule has 2 N–H and O–H groups in total. The van der Waals surface area contributed by atoms with E-state index < -0.39 is 17.1 Å². The van der Waals surface area contributed by atoms with Crippen LogP contribution in [0.4, 0.5) is 4.79 Å². The molecule has 0 aromatic carbocycles. The van der Waals surface area contributed by atoms with Gasteiger partial charge in [0.15, 0.2) is 0 Å². The van der Waals surface area contributed by atoms with Gasteiger partial charge in [-0.3, -0.25) is 4.68 Å². The van der Waals surface area contributed by atoms with Crippen molar-refractivity contribution in [3.8, 4) is 0 Å². The van der Waals surface area contributed by atoms with Crippen LogP contribution in [0.1, 0.15) is 47.4 Å². The number of alkyl carbamates (subject to hydrolysis) is 1. The lowest BCUT2D eigenvalue weighted by molar-refractivity contribution is 0.0386. The molecule has 1 aromatic rings. The van der Waals surface area contributed by atoms with E-state index >= 15 is 0 Å². The van der Waals surface area contributed by atoms with Crippen LogP contribution in [-0.4, -0.2) is 44.7 Å². The Balaban J connectivity index is 2.84. The van der Waals surface area contributed by atoms with Gasteiger partial charge in [-0.1, -0.05) is 13.8 Å². The molecule has 0 aliphatic heterocycles. The first-order chi connectivity index (χ1) is 10.6. The molecule has 0 saturated heterocycles. The van der Waals surface area contributed by atoms with E-state index in [1.165, 1.54) is 6.33 Å². The van der Waals surface area contributed by atoms with Crippen LogP contribution in [0.3, 0.4) is 0 Å². The number of hydrogen-bond donors (Lipinski definition) is 2. The lowest BCUT2D eigenvalue weighted by Gasteiger charge is -2.36. The predicted molar refractivity (Wildman–Crippen MR) is 88.0 cm³/mol. The maximum atomic E-state index is 11.9. The first-order valence-electron chi connectivity index (χ1n) is 8.08. The van der Waals surface area contributed by atoms with Crippen molar-refractivity contribution in [1.29, 1.82) is 0 Å². The van der Waals surface area contributed by atoms with E-state index in [1.807, 2.05) is 41.5 Å². The smallest absolute Gasteiger partial charge is 0.407 e. The summed E-state index contributed by atoms with van der Waals surface area (Å²) in [6.45, 7) is 12.5. The quantitative estimate of drug-likeness (QED) is 0.800. The predicted octanol–water partition coefficient (Wildman–Crippen LogP) is 2.00. The number of ether oxygens (including phenoxy) is 1. The summed E-state index contributed by atoms with van der Waals surface area (Å²) in [6, 6.07) is 0. The minimum atomic E-state index is -0.549. The Morgan fingerprint density at radius 2 is 2.09 bits per heavy atom. The van der Waals surface area contributed by atoms with Crippen LogP contribution in [0.15, 0.2) is 6.33 Å². The molecular weight excluding hydrogens is 296 g/mol. The highest BCUT2D eigenvalue weighted by Gasteiger charge is 2.36. The van der Waals surface area contributed by atoms with E-state index in [9.17, 15) is 9.90 Å². The standard InChI is InChI=1S/C16H30N4O3/c1-7-20-13(18-11-19-20)8-16(10-21,12(2)3)9-17-14(22)23-15(4,5)6/h11-12,21H,7-10H2,1-6H3,(H,17,22). The van der Waals surface area contributed by atoms with Gasteiger partial charge in [-0.05, 0) is 33.6 Å². The number of carbonyl (C=O) groups excluding carboxylic acids is 1. The molecule has 0 bridgehead atoms. The number of nitrogens with one attached hydrogen (secondary N) is 1. The highest BCUT2D eigenvalue weighted by Crippen LogP contribution is 2.30. The summed E-state index contributed by atoms with van der Waals surface area (Å²) in [5.41, 5.74) is -1.07. The van der Waals surface area contributed by atoms with Crippen molar-refractivity contribution in [3.05, 3.63) is 12.2 Å². The molecular formula is C16H30N4O3. The molecule has 7 heteroatoms. The third kappa shape index (κ3) is 5.49. The van der Waals surface area contributed by atoms with Gasteiger partial charge in [-0.25, -0.2) is 9.78 Å². The van der Waals surface area contributed by atoms with Gasteiger partial charge in [0.25, 0.3) is 0 Å². The van der Waals surface area contributed by atoms with Crippen LogP contribution in [-0.2, 0) is 17.7 Å². The number of rotatable bonds is 7. The first kappa shape index (κ1) is 19.4. The number of amides is 1. The van der Waals surface area contributed by atoms with E-state index in [-0.39, 0.29) is 12.5 Å². The first-order valence-corrected chi connectivity index (χ1v) is 8.08. The number of aryl methyl sites for hydroxylation is 1. The molecule has 0 aliphatic rings. The molecule has 23 heavy (non-hydrogen) atoms. The van der Waals surface area contributed by atoms with Crippen molar-refractivity contribution in [3.63, 3.8) is 0 Å². The highest BCUT2D eigenvalue weighted by atomic mass is 16.6. The summed E-state index contributed by atoms with van der Waals surface area (Å²) >= 11 is 0. The lowest BCUT2D eigenvalue weighted by atomic mass is 9.74. The highest BCUT2D eigenvalue weighted by molar-refractivity contribution is 5.67. The molecule has 0 fully saturated rings. The summed E-state index contributed by atoms with van der Waals surface area (Å²) in [5, 5.41) is 17.0. The molecule has 7 nitrogen and oxygen atoms in total. The minimum absolute atomic E-state index is 0.0585. The van der Waals surface area contributed by atoms with Crippen molar-refractivity contribution in [2.45, 2.75) is 60.1 Å². The Morgan fingerprint density at radius 1 is 1.43 bits per heavy atom. The lowest BCUT2D eigenvalue weighted by Crippen LogP contribution is -2.46. The van der Waals surface area contributed by atoms with E-state index in [0.29, 0.717) is 19.5 Å². The Hall–Kier alpha value is -1.63. The molecule has 1 amide bonds. The van der Waals surface area contributed by atoms with Gasteiger partial charge in [-0.2, -0.15) is 5.10 Å². The number of aromatic nitrogens is 3. The van der Waals surface area contributed by atoms with Crippen LogP contribution < -0.4 is 5.32 Å². The van der Waals surface area contributed by atoms with Gasteiger partial charge < -0.3 is 15.2 Å². The monoisotopic (exact) mass is 326 g/mol. The summed E-state index contributed by atoms with van der Waals surface area (Å²) in [7, 11) is 0. The number of carbonyl (C=O) groups is 1. The van der Waals surface area contributed by atoms with Gasteiger partial charge in [0.05, 0.1) is 6.61 Å². The third-order valence-electron chi connectivity index (χ3n) is 4.03. The molecule has 1 atom stereocenters. The van der Waals surface area contributed by atoms with E-state index in [4.69, 9.17) is 4.74 Å². The minimum Gasteiger partial charge on any atom is -0.444 e. The fourth-order valence-corrected chi connectivity index (χ4v) is 2.33. The molecule has 0 aliphatic carbocycles. The molecule has 1 unspecified atom stereocenters. The summed E-state index contributed by atoms with van der Waals surface area (Å²) in [6.07, 6.45) is 1.57. The fraction of sp³-hybridized carbons (Fsp3) is 0.812. The Morgan fingerprint density at radius 3 is 2.57 bits per heavy atom. The number of aliphatic hydroxyl groups is 1. The van der Waals surface area contributed by atoms with Crippen LogP contribution in [0.25, 0.3) is 0 Å². The largest absolute Gasteiger partial charge is 0.444 e. The number of nitrogens with zero attached hydrogens (tertiary/aromatic N) is 3. The van der Waals surface area contributed by atoms with Crippen LogP contribution in [0, 0.1) is 11.3 Å². The van der Waals surface area contributed by atoms with Gasteiger partial charge in [0.1, 0.15) is 17.8 Å². The molecule has 132 valence electrons. The Labute approximate surface area is 138 Å². The topological polar surface area (TPSA) is 89.3 Å². The fourth-order valence-electron chi connectivity index (χ4n) is 2.33. The molecule has 0 radical (unpaired) electrons. The Bertz CT molecular complexity index is 508. The second kappa shape index (κ2) is 7.77. The second-order valence-electron chi connectivity index (χ2n) is 7.20. The average Bonchev–Trinajstić information content (AvgIpc) is 2.88. The van der Waals surface area contributed by atoms with Gasteiger partial charge in [-0.15, -0.1) is 0 Å². The summed E-state index contributed by atoms with van der Waals surface area (Å²) < 4.78 is 7.08. The van der Waals surface area contributed by atoms with Crippen molar-refractivity contribution in [2.24, 2.45) is 11.3 Å². The zero-order chi connectivity index (χ0) is 17.7. The van der Waals surface area contributed by atoms with Crippen molar-refractivity contribution < 1.29 is 14.6 Å². The SMILES string of the molecule is CCn1ncnc1CC(CO)(CNC(=O)OC(C)(C)C)C(C)C. The molecule has 0 saturated carbocycles. The molecule has 1 heterocycles. The number of aliphatic hydroxyl groups excluding tert-OH is 1. The van der Waals surface area contributed by atoms with Crippen LogP contribution in [0.5, 0.6) is 0 Å². The zero-order valence-electron chi connectivity index (χ0n) is 15.1. The molecule has 1 rings (SSSR count). The van der Waals surface area contributed by atoms with Crippen molar-refractivity contribution in [2.75, 3.05) is 13.2 Å². The summed E-state index contributed by atoms with van der Waals surface area (Å²) in [4.78, 5) is 16.2. The van der Waals surface area contributed by atoms with Gasteiger partial charge >= 0.3 is 6.09 Å². The van der Waals surface area contributed by atoms with Crippen LogP contribution in [0.2, 0.25) is 0 Å². The van der Waals surface area contributed by atoms with Crippen LogP contribution >= 0.6 is 0 Å². The number of hydrogen-bond acceptors (Lipinski definition) is 5. The Kier molecular flexibility index (Phi) is 6.56. The second-order valence-corrected chi connectivity index (χ2v) is 7.20. The zero-order valence-corrected chi connectivity index (χ0v) is 15.1. The molecule has 1 aromatic heterocycles. The average molecular weight is 326 g/mol. The van der Waals surface area contributed by atoms with Crippen molar-refractivity contribution >= 4 is 6.09 Å². The van der Waals surface area contributed by atoms with E-state index in [1.54, 1.807) is 4.68 Å². The van der Waals surface area contributed by atoms with Gasteiger partial charge in [0.2, 0.25) is 0 Å². The van der Waals surface area contributed by atoms with Gasteiger partial charge in [0, 0.05) is 24.9 Å². The van der Waals surface area contributed by atoms with E-state index in [0.717, 1.165) is 5.82 Å². The maximum absolute atomic E-state index is 11.9. The third-order valence-corrected chi connectivity index (χ3v) is 4.03.